The first-order chi connectivity index (χ1) is 16.1. The summed E-state index contributed by atoms with van der Waals surface area (Å²) in [6.07, 6.45) is -14.4. The molecule has 2 aromatic rings. The fourth-order valence-electron chi connectivity index (χ4n) is 4.32. The molecule has 0 amide bonds. The van der Waals surface area contributed by atoms with Crippen molar-refractivity contribution in [3.8, 4) is 0 Å². The van der Waals surface area contributed by atoms with Gasteiger partial charge in [0.1, 0.15) is 0 Å². The Labute approximate surface area is 194 Å². The standard InChI is InChI=1S/C23H20F9NO2/c24-21(25,26)16-4-1-14(2-5-16)19-9-13(10-20(34)35)7-8-33(19)12-15-3-6-17(22(27,28)29)11-18(15)23(30,31)32/h1-6,11,13,19H,7-10,12H2,(H,34,35)/t13-,19+/m1/s1. The van der Waals surface area contributed by atoms with Crippen molar-refractivity contribution < 1.29 is 49.4 Å². The number of carboxylic acids is 1. The molecule has 0 aromatic heterocycles. The lowest BCUT2D eigenvalue weighted by atomic mass is 9.84. The summed E-state index contributed by atoms with van der Waals surface area (Å²) in [5, 5.41) is 9.11. The average molecular weight is 513 g/mol. The Morgan fingerprint density at radius 3 is 1.94 bits per heavy atom. The number of benzene rings is 2. The number of carbonyl (C=O) groups is 1. The number of halogens is 9. The number of carboxylic acid groups (broad SMARTS) is 1. The van der Waals surface area contributed by atoms with Crippen LogP contribution in [0, 0.1) is 5.92 Å². The molecule has 2 atom stereocenters. The van der Waals surface area contributed by atoms with Crippen LogP contribution >= 0.6 is 0 Å². The van der Waals surface area contributed by atoms with E-state index in [-0.39, 0.29) is 31.4 Å². The fourth-order valence-corrected chi connectivity index (χ4v) is 4.32. The maximum absolute atomic E-state index is 13.6. The van der Waals surface area contributed by atoms with Crippen LogP contribution < -0.4 is 0 Å². The molecule has 1 aliphatic rings. The monoisotopic (exact) mass is 513 g/mol. The molecule has 0 radical (unpaired) electrons. The van der Waals surface area contributed by atoms with Crippen LogP contribution in [0.1, 0.15) is 53.1 Å². The minimum absolute atomic E-state index is 0.0413. The number of aliphatic carboxylic acids is 1. The molecule has 3 nitrogen and oxygen atoms in total. The summed E-state index contributed by atoms with van der Waals surface area (Å²) in [5.74, 6) is -1.46. The summed E-state index contributed by atoms with van der Waals surface area (Å²) in [7, 11) is 0. The van der Waals surface area contributed by atoms with Crippen LogP contribution in [0.4, 0.5) is 39.5 Å². The third-order valence-corrected chi connectivity index (χ3v) is 6.02. The van der Waals surface area contributed by atoms with Gasteiger partial charge in [0.25, 0.3) is 0 Å². The third-order valence-electron chi connectivity index (χ3n) is 6.02. The van der Waals surface area contributed by atoms with Gasteiger partial charge >= 0.3 is 24.5 Å². The van der Waals surface area contributed by atoms with Crippen LogP contribution in [0.5, 0.6) is 0 Å². The second-order valence-electron chi connectivity index (χ2n) is 8.46. The maximum atomic E-state index is 13.6. The van der Waals surface area contributed by atoms with Gasteiger partial charge in [-0.15, -0.1) is 0 Å². The highest BCUT2D eigenvalue weighted by molar-refractivity contribution is 5.67. The van der Waals surface area contributed by atoms with Crippen molar-refractivity contribution in [3.63, 3.8) is 0 Å². The number of rotatable bonds is 5. The molecular weight excluding hydrogens is 493 g/mol. The minimum Gasteiger partial charge on any atom is -0.481 e. The van der Waals surface area contributed by atoms with Gasteiger partial charge < -0.3 is 5.11 Å². The predicted octanol–water partition coefficient (Wildman–Crippen LogP) is 7.17. The lowest BCUT2D eigenvalue weighted by Crippen LogP contribution is -2.37. The van der Waals surface area contributed by atoms with Gasteiger partial charge in [-0.05, 0) is 60.7 Å². The van der Waals surface area contributed by atoms with Crippen LogP contribution in [0.15, 0.2) is 42.5 Å². The molecule has 0 aliphatic carbocycles. The number of hydrogen-bond acceptors (Lipinski definition) is 2. The summed E-state index contributed by atoms with van der Waals surface area (Å²) >= 11 is 0. The van der Waals surface area contributed by atoms with Gasteiger partial charge in [-0.3, -0.25) is 9.69 Å². The number of nitrogens with zero attached hydrogens (tertiary/aromatic N) is 1. The topological polar surface area (TPSA) is 40.5 Å². The molecular formula is C23H20F9NO2. The van der Waals surface area contributed by atoms with Gasteiger partial charge in [0.05, 0.1) is 16.7 Å². The first-order valence-electron chi connectivity index (χ1n) is 10.5. The minimum atomic E-state index is -5.07. The van der Waals surface area contributed by atoms with E-state index in [1.165, 1.54) is 17.0 Å². The average Bonchev–Trinajstić information content (AvgIpc) is 2.72. The zero-order valence-electron chi connectivity index (χ0n) is 17.9. The number of piperidine rings is 1. The van der Waals surface area contributed by atoms with E-state index in [1.54, 1.807) is 0 Å². The molecule has 1 saturated heterocycles. The predicted molar refractivity (Wildman–Crippen MR) is 106 cm³/mol. The van der Waals surface area contributed by atoms with E-state index in [2.05, 4.69) is 0 Å². The number of alkyl halides is 9. The Morgan fingerprint density at radius 2 is 1.43 bits per heavy atom. The largest absolute Gasteiger partial charge is 0.481 e. The summed E-state index contributed by atoms with van der Waals surface area (Å²) in [4.78, 5) is 12.7. The van der Waals surface area contributed by atoms with E-state index < -0.39 is 59.3 Å². The molecule has 2 aromatic carbocycles. The highest BCUT2D eigenvalue weighted by atomic mass is 19.4. The highest BCUT2D eigenvalue weighted by Crippen LogP contribution is 2.41. The fraction of sp³-hybridized carbons (Fsp3) is 0.435. The zero-order chi connectivity index (χ0) is 26.2. The summed E-state index contributed by atoms with van der Waals surface area (Å²) in [5.41, 5.74) is -3.90. The molecule has 1 aliphatic heterocycles. The molecule has 3 rings (SSSR count). The highest BCUT2D eigenvalue weighted by Gasteiger charge is 2.39. The summed E-state index contributed by atoms with van der Waals surface area (Å²) < 4.78 is 119. The molecule has 35 heavy (non-hydrogen) atoms. The summed E-state index contributed by atoms with van der Waals surface area (Å²) in [6.45, 7) is -0.305. The molecule has 1 N–H and O–H groups in total. The Balaban J connectivity index is 1.96. The van der Waals surface area contributed by atoms with Gasteiger partial charge in [-0.1, -0.05) is 18.2 Å². The van der Waals surface area contributed by atoms with E-state index in [0.29, 0.717) is 18.1 Å². The first kappa shape index (κ1) is 26.8. The van der Waals surface area contributed by atoms with Gasteiger partial charge in [0.15, 0.2) is 0 Å². The van der Waals surface area contributed by atoms with Gasteiger partial charge in [-0.2, -0.15) is 39.5 Å². The van der Waals surface area contributed by atoms with Crippen molar-refractivity contribution in [2.75, 3.05) is 6.54 Å². The molecule has 1 fully saturated rings. The number of likely N-dealkylation sites (tertiary alicyclic amines) is 1. The van der Waals surface area contributed by atoms with Crippen molar-refractivity contribution in [2.24, 2.45) is 5.92 Å². The Hall–Kier alpha value is -2.76. The van der Waals surface area contributed by atoms with E-state index in [4.69, 9.17) is 5.11 Å². The number of hydrogen-bond donors (Lipinski definition) is 1. The Kier molecular flexibility index (Phi) is 7.45. The smallest absolute Gasteiger partial charge is 0.416 e. The molecule has 0 saturated carbocycles. The first-order valence-corrected chi connectivity index (χ1v) is 10.5. The Bertz CT molecular complexity index is 1040. The van der Waals surface area contributed by atoms with Crippen molar-refractivity contribution >= 4 is 5.97 Å². The van der Waals surface area contributed by atoms with Gasteiger partial charge in [0.2, 0.25) is 0 Å². The van der Waals surface area contributed by atoms with E-state index in [1.807, 2.05) is 0 Å². The SMILES string of the molecule is O=C(O)C[C@@H]1CCN(Cc2ccc(C(F)(F)F)cc2C(F)(F)F)[C@H](c2ccc(C(F)(F)F)cc2)C1. The van der Waals surface area contributed by atoms with Crippen LogP contribution in [0.25, 0.3) is 0 Å². The lowest BCUT2D eigenvalue weighted by molar-refractivity contribution is -0.144. The zero-order valence-corrected chi connectivity index (χ0v) is 17.9. The normalized spacial score (nSPS) is 20.1. The molecule has 12 heteroatoms. The maximum Gasteiger partial charge on any atom is 0.416 e. The Morgan fingerprint density at radius 1 is 0.857 bits per heavy atom. The van der Waals surface area contributed by atoms with E-state index in [9.17, 15) is 44.3 Å². The second kappa shape index (κ2) is 9.71. The van der Waals surface area contributed by atoms with E-state index >= 15 is 0 Å². The van der Waals surface area contributed by atoms with Crippen molar-refractivity contribution in [1.29, 1.82) is 0 Å². The molecule has 192 valence electrons. The van der Waals surface area contributed by atoms with Gasteiger partial charge in [0, 0.05) is 19.0 Å². The van der Waals surface area contributed by atoms with Crippen molar-refractivity contribution in [3.05, 3.63) is 70.3 Å². The second-order valence-corrected chi connectivity index (χ2v) is 8.46. The molecule has 0 bridgehead atoms. The quantitative estimate of drug-likeness (QED) is 0.431. The van der Waals surface area contributed by atoms with E-state index in [0.717, 1.165) is 18.2 Å². The molecule has 0 spiro atoms. The van der Waals surface area contributed by atoms with Crippen molar-refractivity contribution in [1.82, 2.24) is 4.90 Å². The third kappa shape index (κ3) is 6.68. The molecule has 0 unspecified atom stereocenters. The van der Waals surface area contributed by atoms with Crippen LogP contribution in [-0.2, 0) is 29.9 Å². The summed E-state index contributed by atoms with van der Waals surface area (Å²) in [6, 6.07) is 4.63. The van der Waals surface area contributed by atoms with Crippen LogP contribution in [0.3, 0.4) is 0 Å². The van der Waals surface area contributed by atoms with Crippen LogP contribution in [-0.4, -0.2) is 22.5 Å². The molecule has 1 heterocycles. The van der Waals surface area contributed by atoms with Crippen LogP contribution in [0.2, 0.25) is 0 Å². The lowest BCUT2D eigenvalue weighted by Gasteiger charge is -2.40. The van der Waals surface area contributed by atoms with Crippen molar-refractivity contribution in [2.45, 2.75) is 50.4 Å². The van der Waals surface area contributed by atoms with Gasteiger partial charge in [-0.25, -0.2) is 0 Å².